The first-order chi connectivity index (χ1) is 17.7. The van der Waals surface area contributed by atoms with Crippen molar-refractivity contribution < 1.29 is 19.7 Å². The number of β-amino-alcohol motifs (C(OH)–C–C–N with tert-alkyl or cyclic N) is 1. The predicted octanol–water partition coefficient (Wildman–Crippen LogP) is 5.43. The van der Waals surface area contributed by atoms with Gasteiger partial charge in [0.25, 0.3) is 0 Å². The number of hydrogen-bond donors (Lipinski definition) is 3. The average Bonchev–Trinajstić information content (AvgIpc) is 2.90. The molecule has 0 aliphatic heterocycles. The highest BCUT2D eigenvalue weighted by Crippen LogP contribution is 2.27. The Morgan fingerprint density at radius 1 is 0.973 bits per heavy atom. The number of rotatable bonds is 10. The monoisotopic (exact) mass is 494 g/mol. The summed E-state index contributed by atoms with van der Waals surface area (Å²) in [6, 6.07) is 28.5. The van der Waals surface area contributed by atoms with E-state index in [1.807, 2.05) is 12.1 Å². The van der Waals surface area contributed by atoms with Gasteiger partial charge in [0, 0.05) is 12.1 Å². The molecule has 0 amide bonds. The number of carboxylic acids is 1. The second-order valence-electron chi connectivity index (χ2n) is 9.80. The van der Waals surface area contributed by atoms with Crippen LogP contribution in [0, 0.1) is 11.3 Å². The van der Waals surface area contributed by atoms with Gasteiger partial charge in [-0.3, -0.25) is 0 Å². The van der Waals surface area contributed by atoms with Crippen LogP contribution in [0.2, 0.25) is 0 Å². The first kappa shape index (κ1) is 25.9. The summed E-state index contributed by atoms with van der Waals surface area (Å²) in [5.74, 6) is -0.638. The van der Waals surface area contributed by atoms with Crippen LogP contribution in [0.1, 0.15) is 35.3 Å². The van der Waals surface area contributed by atoms with Crippen molar-refractivity contribution in [3.8, 4) is 22.9 Å². The molecule has 3 N–H and O–H groups in total. The van der Waals surface area contributed by atoms with Crippen molar-refractivity contribution in [2.24, 2.45) is 0 Å². The van der Waals surface area contributed by atoms with Crippen LogP contribution in [0.5, 0.6) is 5.75 Å². The topological polar surface area (TPSA) is 103 Å². The minimum absolute atomic E-state index is 0.0293. The molecule has 0 saturated heterocycles. The van der Waals surface area contributed by atoms with Crippen molar-refractivity contribution in [1.82, 2.24) is 5.32 Å². The minimum atomic E-state index is -1.01. The number of aliphatic hydroxyl groups is 1. The molecule has 4 aromatic carbocycles. The molecule has 0 saturated carbocycles. The Hall–Kier alpha value is -4.18. The normalized spacial score (nSPS) is 12.2. The van der Waals surface area contributed by atoms with Crippen LogP contribution in [0.25, 0.3) is 21.9 Å². The minimum Gasteiger partial charge on any atom is -0.489 e. The molecule has 0 bridgehead atoms. The maximum atomic E-state index is 11.3. The number of hydrogen-bond acceptors (Lipinski definition) is 5. The van der Waals surface area contributed by atoms with E-state index in [4.69, 9.17) is 4.74 Å². The molecular formula is C31H30N2O4. The molecule has 4 aromatic rings. The van der Waals surface area contributed by atoms with Gasteiger partial charge in [-0.2, -0.15) is 5.26 Å². The summed E-state index contributed by atoms with van der Waals surface area (Å²) in [5, 5.41) is 35.2. The average molecular weight is 495 g/mol. The summed E-state index contributed by atoms with van der Waals surface area (Å²) in [5.41, 5.74) is 2.87. The van der Waals surface area contributed by atoms with Gasteiger partial charge < -0.3 is 20.3 Å². The van der Waals surface area contributed by atoms with Gasteiger partial charge in [0.2, 0.25) is 0 Å². The Labute approximate surface area is 216 Å². The van der Waals surface area contributed by atoms with Crippen LogP contribution in [0.4, 0.5) is 0 Å². The Balaban J connectivity index is 1.34. The molecule has 1 atom stereocenters. The van der Waals surface area contributed by atoms with Gasteiger partial charge in [-0.1, -0.05) is 60.7 Å². The SMILES string of the molecule is CC(C)(Cc1ccc2ccccc2c1)NC[C@@H](O)COc1ccc(-c2cccc(C(=O)O)c2)cc1C#N. The van der Waals surface area contributed by atoms with Crippen LogP contribution >= 0.6 is 0 Å². The molecule has 0 radical (unpaired) electrons. The van der Waals surface area contributed by atoms with E-state index < -0.39 is 12.1 Å². The molecule has 6 nitrogen and oxygen atoms in total. The molecule has 4 rings (SSSR count). The van der Waals surface area contributed by atoms with Gasteiger partial charge in [-0.25, -0.2) is 4.79 Å². The Bertz CT molecular complexity index is 1460. The standard InChI is InChI=1S/C31H30N2O4/c1-31(2,17-21-10-11-22-6-3-4-7-23(22)14-21)33-19-28(34)20-37-29-13-12-25(16-27(29)18-32)24-8-5-9-26(15-24)30(35)36/h3-16,28,33-34H,17,19-20H2,1-2H3,(H,35,36)/t28-/m1/s1. The maximum Gasteiger partial charge on any atom is 0.335 e. The molecule has 0 heterocycles. The van der Waals surface area contributed by atoms with E-state index in [0.717, 1.165) is 6.42 Å². The van der Waals surface area contributed by atoms with Crippen molar-refractivity contribution in [2.75, 3.05) is 13.2 Å². The van der Waals surface area contributed by atoms with E-state index in [1.54, 1.807) is 36.4 Å². The van der Waals surface area contributed by atoms with Gasteiger partial charge >= 0.3 is 5.97 Å². The number of carboxylic acid groups (broad SMARTS) is 1. The quantitative estimate of drug-likeness (QED) is 0.272. The number of benzene rings is 4. The lowest BCUT2D eigenvalue weighted by Gasteiger charge is -2.28. The van der Waals surface area contributed by atoms with E-state index in [0.29, 0.717) is 29.0 Å². The van der Waals surface area contributed by atoms with Crippen LogP contribution in [0.3, 0.4) is 0 Å². The van der Waals surface area contributed by atoms with Crippen LogP contribution < -0.4 is 10.1 Å². The fraction of sp³-hybridized carbons (Fsp3) is 0.226. The summed E-state index contributed by atoms with van der Waals surface area (Å²) in [7, 11) is 0. The van der Waals surface area contributed by atoms with Crippen molar-refractivity contribution in [3.63, 3.8) is 0 Å². The third kappa shape index (κ3) is 6.73. The molecule has 0 fully saturated rings. The summed E-state index contributed by atoms with van der Waals surface area (Å²) < 4.78 is 5.77. The first-order valence-electron chi connectivity index (χ1n) is 12.2. The largest absolute Gasteiger partial charge is 0.489 e. The highest BCUT2D eigenvalue weighted by molar-refractivity contribution is 5.89. The summed E-state index contributed by atoms with van der Waals surface area (Å²) in [6.07, 6.45) is 0.0310. The highest BCUT2D eigenvalue weighted by Gasteiger charge is 2.20. The molecule has 0 spiro atoms. The number of aromatic carboxylic acids is 1. The van der Waals surface area contributed by atoms with Crippen molar-refractivity contribution in [1.29, 1.82) is 5.26 Å². The van der Waals surface area contributed by atoms with E-state index in [1.165, 1.54) is 22.4 Å². The Kier molecular flexibility index (Phi) is 7.88. The van der Waals surface area contributed by atoms with Gasteiger partial charge in [0.05, 0.1) is 11.1 Å². The summed E-state index contributed by atoms with van der Waals surface area (Å²) >= 11 is 0. The predicted molar refractivity (Wildman–Crippen MR) is 145 cm³/mol. The summed E-state index contributed by atoms with van der Waals surface area (Å²) in [6.45, 7) is 4.56. The van der Waals surface area contributed by atoms with Crippen LogP contribution in [-0.4, -0.2) is 41.0 Å². The lowest BCUT2D eigenvalue weighted by molar-refractivity contribution is 0.0697. The third-order valence-electron chi connectivity index (χ3n) is 6.25. The van der Waals surface area contributed by atoms with E-state index in [-0.39, 0.29) is 17.7 Å². The zero-order valence-corrected chi connectivity index (χ0v) is 20.9. The van der Waals surface area contributed by atoms with Crippen LogP contribution in [-0.2, 0) is 6.42 Å². The zero-order valence-electron chi connectivity index (χ0n) is 20.9. The number of ether oxygens (including phenoxy) is 1. The highest BCUT2D eigenvalue weighted by atomic mass is 16.5. The first-order valence-corrected chi connectivity index (χ1v) is 12.2. The molecule has 0 aliphatic rings. The van der Waals surface area contributed by atoms with Crippen molar-refractivity contribution in [2.45, 2.75) is 31.9 Å². The number of carbonyl (C=O) groups is 1. The van der Waals surface area contributed by atoms with Gasteiger partial charge in [0.1, 0.15) is 24.5 Å². The Morgan fingerprint density at radius 3 is 2.49 bits per heavy atom. The van der Waals surface area contributed by atoms with Crippen molar-refractivity contribution >= 4 is 16.7 Å². The Morgan fingerprint density at radius 2 is 1.73 bits per heavy atom. The van der Waals surface area contributed by atoms with Gasteiger partial charge in [-0.05, 0) is 72.0 Å². The summed E-state index contributed by atoms with van der Waals surface area (Å²) in [4.78, 5) is 11.3. The number of fused-ring (bicyclic) bond motifs is 1. The molecule has 37 heavy (non-hydrogen) atoms. The second-order valence-corrected chi connectivity index (χ2v) is 9.80. The number of aliphatic hydroxyl groups excluding tert-OH is 1. The molecule has 0 aliphatic carbocycles. The lowest BCUT2D eigenvalue weighted by atomic mass is 9.93. The van der Waals surface area contributed by atoms with Gasteiger partial charge in [0.15, 0.2) is 0 Å². The number of nitrogens with zero attached hydrogens (tertiary/aromatic N) is 1. The maximum absolute atomic E-state index is 11.3. The fourth-order valence-corrected chi connectivity index (χ4v) is 4.32. The second kappa shape index (κ2) is 11.3. The van der Waals surface area contributed by atoms with E-state index >= 15 is 0 Å². The lowest BCUT2D eigenvalue weighted by Crippen LogP contribution is -2.46. The zero-order chi connectivity index (χ0) is 26.4. The van der Waals surface area contributed by atoms with E-state index in [2.05, 4.69) is 55.6 Å². The molecular weight excluding hydrogens is 464 g/mol. The molecule has 0 unspecified atom stereocenters. The van der Waals surface area contributed by atoms with Crippen molar-refractivity contribution in [3.05, 3.63) is 102 Å². The van der Waals surface area contributed by atoms with E-state index in [9.17, 15) is 20.3 Å². The molecule has 188 valence electrons. The number of nitrogens with one attached hydrogen (secondary N) is 1. The van der Waals surface area contributed by atoms with Gasteiger partial charge in [-0.15, -0.1) is 0 Å². The smallest absolute Gasteiger partial charge is 0.335 e. The number of nitriles is 1. The molecule has 0 aromatic heterocycles. The molecule has 6 heteroatoms. The fourth-order valence-electron chi connectivity index (χ4n) is 4.32. The van der Waals surface area contributed by atoms with Crippen LogP contribution in [0.15, 0.2) is 84.9 Å². The third-order valence-corrected chi connectivity index (χ3v) is 6.25.